The summed E-state index contributed by atoms with van der Waals surface area (Å²) in [6, 6.07) is 0. The van der Waals surface area contributed by atoms with Gasteiger partial charge in [0.15, 0.2) is 0 Å². The van der Waals surface area contributed by atoms with E-state index in [4.69, 9.17) is 0 Å². The van der Waals surface area contributed by atoms with Crippen LogP contribution in [0.5, 0.6) is 0 Å². The first-order valence-electron chi connectivity index (χ1n) is 3.83. The van der Waals surface area contributed by atoms with E-state index >= 15 is 0 Å². The van der Waals surface area contributed by atoms with Gasteiger partial charge in [-0.3, -0.25) is 0 Å². The lowest BCUT2D eigenvalue weighted by atomic mass is 10.00. The van der Waals surface area contributed by atoms with E-state index in [1.807, 2.05) is 34.6 Å². The van der Waals surface area contributed by atoms with E-state index in [2.05, 4.69) is 0 Å². The Morgan fingerprint density at radius 1 is 1.00 bits per heavy atom. The summed E-state index contributed by atoms with van der Waals surface area (Å²) in [6.45, 7) is 9.64. The predicted octanol–water partition coefficient (Wildman–Crippen LogP) is 3.54. The van der Waals surface area contributed by atoms with Gasteiger partial charge in [0, 0.05) is 5.92 Å². The van der Waals surface area contributed by atoms with Crippen LogP contribution in [0.15, 0.2) is 11.4 Å². The molecule has 0 atom stereocenters. The molecule has 0 heterocycles. The smallest absolute Gasteiger partial charge is 0.102 e. The van der Waals surface area contributed by atoms with E-state index in [1.54, 1.807) is 0 Å². The van der Waals surface area contributed by atoms with E-state index in [-0.39, 0.29) is 11.7 Å². The average Bonchev–Trinajstić information content (AvgIpc) is 1.84. The third-order valence-corrected chi connectivity index (χ3v) is 1.75. The molecule has 0 fully saturated rings. The normalized spacial score (nSPS) is 14.4. The van der Waals surface area contributed by atoms with Crippen LogP contribution < -0.4 is 0 Å². The summed E-state index contributed by atoms with van der Waals surface area (Å²) in [5, 5.41) is 0. The van der Waals surface area contributed by atoms with Crippen LogP contribution in [-0.4, -0.2) is 0 Å². The molecular formula is C9H17F. The maximum atomic E-state index is 13.0. The van der Waals surface area contributed by atoms with Crippen molar-refractivity contribution in [2.24, 2.45) is 11.8 Å². The van der Waals surface area contributed by atoms with E-state index < -0.39 is 0 Å². The molecule has 0 aliphatic heterocycles. The quantitative estimate of drug-likeness (QED) is 0.556. The van der Waals surface area contributed by atoms with Gasteiger partial charge in [-0.05, 0) is 18.4 Å². The van der Waals surface area contributed by atoms with Crippen molar-refractivity contribution in [3.8, 4) is 0 Å². The van der Waals surface area contributed by atoms with Gasteiger partial charge in [-0.2, -0.15) is 0 Å². The molecule has 0 rings (SSSR count). The van der Waals surface area contributed by atoms with Crippen LogP contribution in [-0.2, 0) is 0 Å². The van der Waals surface area contributed by atoms with Gasteiger partial charge in [0.1, 0.15) is 5.83 Å². The van der Waals surface area contributed by atoms with E-state index in [0.717, 1.165) is 5.57 Å². The maximum Gasteiger partial charge on any atom is 0.102 e. The molecule has 0 N–H and O–H groups in total. The first kappa shape index (κ1) is 9.67. The minimum atomic E-state index is 0.0439. The predicted molar refractivity (Wildman–Crippen MR) is 43.5 cm³/mol. The molecule has 0 saturated heterocycles. The molecule has 0 amide bonds. The Labute approximate surface area is 63.1 Å². The lowest BCUT2D eigenvalue weighted by Crippen LogP contribution is -1.97. The van der Waals surface area contributed by atoms with Crippen LogP contribution >= 0.6 is 0 Å². The molecule has 0 aliphatic carbocycles. The third kappa shape index (κ3) is 2.51. The van der Waals surface area contributed by atoms with Gasteiger partial charge in [-0.15, -0.1) is 0 Å². The number of rotatable bonds is 2. The second-order valence-electron chi connectivity index (χ2n) is 3.34. The van der Waals surface area contributed by atoms with Crippen LogP contribution in [0.3, 0.4) is 0 Å². The highest BCUT2D eigenvalue weighted by Gasteiger charge is 2.08. The third-order valence-electron chi connectivity index (χ3n) is 1.75. The largest absolute Gasteiger partial charge is 0.212 e. The van der Waals surface area contributed by atoms with E-state index in [1.165, 1.54) is 0 Å². The molecule has 0 aliphatic rings. The molecule has 0 nitrogen and oxygen atoms in total. The molecule has 1 heteroatoms. The van der Waals surface area contributed by atoms with Gasteiger partial charge in [0.05, 0.1) is 0 Å². The fraction of sp³-hybridized carbons (Fsp3) is 0.778. The molecular weight excluding hydrogens is 127 g/mol. The zero-order valence-electron chi connectivity index (χ0n) is 7.53. The highest BCUT2D eigenvalue weighted by molar-refractivity contribution is 5.08. The Morgan fingerprint density at radius 2 is 1.40 bits per heavy atom. The first-order valence-corrected chi connectivity index (χ1v) is 3.83. The van der Waals surface area contributed by atoms with Crippen molar-refractivity contribution in [2.75, 3.05) is 0 Å². The minimum absolute atomic E-state index is 0.0439. The summed E-state index contributed by atoms with van der Waals surface area (Å²) in [5.74, 6) is 0.430. The van der Waals surface area contributed by atoms with Crippen LogP contribution in [0.4, 0.5) is 4.39 Å². The maximum absolute atomic E-state index is 13.0. The minimum Gasteiger partial charge on any atom is -0.212 e. The summed E-state index contributed by atoms with van der Waals surface area (Å²) < 4.78 is 13.0. The van der Waals surface area contributed by atoms with Crippen molar-refractivity contribution in [1.29, 1.82) is 0 Å². The zero-order chi connectivity index (χ0) is 8.31. The van der Waals surface area contributed by atoms with Gasteiger partial charge in [0.25, 0.3) is 0 Å². The molecule has 0 unspecified atom stereocenters. The molecule has 0 aromatic heterocycles. The molecule has 60 valence electrons. The number of allylic oxidation sites excluding steroid dienone is 2. The molecule has 0 aromatic rings. The van der Waals surface area contributed by atoms with Crippen molar-refractivity contribution in [3.05, 3.63) is 11.4 Å². The Bertz CT molecular complexity index is 116. The molecule has 0 spiro atoms. The summed E-state index contributed by atoms with van der Waals surface area (Å²) in [4.78, 5) is 0. The molecule has 0 radical (unpaired) electrons. The Hall–Kier alpha value is -0.330. The van der Waals surface area contributed by atoms with Crippen molar-refractivity contribution in [1.82, 2.24) is 0 Å². The van der Waals surface area contributed by atoms with E-state index in [0.29, 0.717) is 5.92 Å². The molecule has 0 saturated carbocycles. The highest BCUT2D eigenvalue weighted by atomic mass is 19.1. The second kappa shape index (κ2) is 3.75. The molecule has 0 bridgehead atoms. The topological polar surface area (TPSA) is 0 Å². The van der Waals surface area contributed by atoms with E-state index in [9.17, 15) is 4.39 Å². The molecule has 0 aromatic carbocycles. The highest BCUT2D eigenvalue weighted by Crippen LogP contribution is 2.21. The lowest BCUT2D eigenvalue weighted by molar-refractivity contribution is 0.493. The number of hydrogen-bond acceptors (Lipinski definition) is 0. The van der Waals surface area contributed by atoms with Crippen LogP contribution in [0.25, 0.3) is 0 Å². The summed E-state index contributed by atoms with van der Waals surface area (Å²) in [7, 11) is 0. The monoisotopic (exact) mass is 144 g/mol. The SMILES string of the molecule is C/C(=C(\F)C(C)C)C(C)C. The summed E-state index contributed by atoms with van der Waals surface area (Å²) >= 11 is 0. The Kier molecular flexibility index (Phi) is 3.62. The first-order chi connectivity index (χ1) is 4.46. The van der Waals surface area contributed by atoms with Crippen molar-refractivity contribution in [2.45, 2.75) is 34.6 Å². The fourth-order valence-electron chi connectivity index (χ4n) is 0.731. The lowest BCUT2D eigenvalue weighted by Gasteiger charge is -2.09. The Balaban J connectivity index is 4.34. The van der Waals surface area contributed by atoms with Crippen molar-refractivity contribution < 1.29 is 4.39 Å². The van der Waals surface area contributed by atoms with Crippen LogP contribution in [0.1, 0.15) is 34.6 Å². The molecule has 10 heavy (non-hydrogen) atoms. The van der Waals surface area contributed by atoms with Crippen molar-refractivity contribution in [3.63, 3.8) is 0 Å². The number of halogens is 1. The summed E-state index contributed by atoms with van der Waals surface area (Å²) in [5.41, 5.74) is 0.884. The van der Waals surface area contributed by atoms with Gasteiger partial charge >= 0.3 is 0 Å². The van der Waals surface area contributed by atoms with Gasteiger partial charge in [0.2, 0.25) is 0 Å². The van der Waals surface area contributed by atoms with Crippen molar-refractivity contribution >= 4 is 0 Å². The zero-order valence-corrected chi connectivity index (χ0v) is 7.53. The van der Waals surface area contributed by atoms with Crippen LogP contribution in [0.2, 0.25) is 0 Å². The van der Waals surface area contributed by atoms with Gasteiger partial charge < -0.3 is 0 Å². The average molecular weight is 144 g/mol. The summed E-state index contributed by atoms with van der Waals surface area (Å²) in [6.07, 6.45) is 0. The second-order valence-corrected chi connectivity index (χ2v) is 3.34. The Morgan fingerprint density at radius 3 is 1.50 bits per heavy atom. The van der Waals surface area contributed by atoms with Crippen LogP contribution in [0, 0.1) is 11.8 Å². The standard InChI is InChI=1S/C9H17F/c1-6(2)8(5)9(10)7(3)4/h6-7H,1-5H3/b9-8+. The van der Waals surface area contributed by atoms with Gasteiger partial charge in [-0.1, -0.05) is 27.7 Å². The fourth-order valence-corrected chi connectivity index (χ4v) is 0.731. The number of hydrogen-bond donors (Lipinski definition) is 0. The van der Waals surface area contributed by atoms with Gasteiger partial charge in [-0.25, -0.2) is 4.39 Å².